The Morgan fingerprint density at radius 2 is 2.16 bits per heavy atom. The molecule has 0 bridgehead atoms. The fraction of sp³-hybridized carbons (Fsp3) is 0.545. The Balaban J connectivity index is 2.94. The molecule has 1 unspecified atom stereocenters. The Kier molecular flexibility index (Phi) is 5.10. The van der Waals surface area contributed by atoms with Crippen molar-refractivity contribution in [2.75, 3.05) is 13.7 Å². The number of nitrogens with zero attached hydrogens (tertiary/aromatic N) is 1. The minimum Gasteiger partial charge on any atom is -0.396 e. The fourth-order valence-corrected chi connectivity index (χ4v) is 2.39. The summed E-state index contributed by atoms with van der Waals surface area (Å²) in [5, 5.41) is 11.5. The van der Waals surface area contributed by atoms with E-state index in [-0.39, 0.29) is 29.1 Å². The van der Waals surface area contributed by atoms with Crippen LogP contribution in [-0.4, -0.2) is 43.7 Å². The molecule has 0 spiro atoms. The summed E-state index contributed by atoms with van der Waals surface area (Å²) in [4.78, 5) is 12.0. The normalized spacial score (nSPS) is 13.3. The van der Waals surface area contributed by atoms with Crippen molar-refractivity contribution in [3.63, 3.8) is 0 Å². The highest BCUT2D eigenvalue weighted by atomic mass is 32.2. The van der Waals surface area contributed by atoms with E-state index in [1.807, 2.05) is 0 Å². The monoisotopic (exact) mass is 289 g/mol. The number of amides is 1. The zero-order chi connectivity index (χ0) is 14.6. The molecule has 0 fully saturated rings. The first-order valence-corrected chi connectivity index (χ1v) is 7.31. The van der Waals surface area contributed by atoms with Crippen LogP contribution >= 0.6 is 0 Å². The number of hydrogen-bond donors (Lipinski definition) is 3. The molecule has 0 aromatic carbocycles. The van der Waals surface area contributed by atoms with Crippen molar-refractivity contribution >= 4 is 15.9 Å². The topological polar surface area (TPSA) is 100 Å². The van der Waals surface area contributed by atoms with Gasteiger partial charge in [-0.05, 0) is 26.5 Å². The Hall–Kier alpha value is -1.38. The zero-order valence-electron chi connectivity index (χ0n) is 11.2. The molecule has 1 aromatic heterocycles. The van der Waals surface area contributed by atoms with Gasteiger partial charge in [0.1, 0.15) is 10.6 Å². The van der Waals surface area contributed by atoms with Crippen LogP contribution in [0.15, 0.2) is 17.2 Å². The van der Waals surface area contributed by atoms with Crippen LogP contribution in [0.5, 0.6) is 0 Å². The van der Waals surface area contributed by atoms with E-state index in [1.165, 1.54) is 23.9 Å². The van der Waals surface area contributed by atoms with E-state index >= 15 is 0 Å². The molecule has 0 aliphatic heterocycles. The van der Waals surface area contributed by atoms with Crippen LogP contribution in [0.2, 0.25) is 0 Å². The summed E-state index contributed by atoms with van der Waals surface area (Å²) < 4.78 is 26.9. The number of rotatable bonds is 6. The van der Waals surface area contributed by atoms with Gasteiger partial charge in [0, 0.05) is 25.9 Å². The fourth-order valence-electron chi connectivity index (χ4n) is 1.59. The van der Waals surface area contributed by atoms with Gasteiger partial charge in [0.05, 0.1) is 0 Å². The van der Waals surface area contributed by atoms with Gasteiger partial charge in [-0.3, -0.25) is 4.79 Å². The SMILES string of the molecule is CNS(=O)(=O)c1cc(C(=O)NC(C)CCO)n(C)c1. The highest BCUT2D eigenvalue weighted by molar-refractivity contribution is 7.89. The van der Waals surface area contributed by atoms with Crippen LogP contribution < -0.4 is 10.0 Å². The van der Waals surface area contributed by atoms with Gasteiger partial charge in [0.25, 0.3) is 5.91 Å². The van der Waals surface area contributed by atoms with Crippen LogP contribution in [0.25, 0.3) is 0 Å². The minimum atomic E-state index is -3.56. The van der Waals surface area contributed by atoms with Crippen molar-refractivity contribution in [3.8, 4) is 0 Å². The number of aromatic nitrogens is 1. The molecule has 1 amide bonds. The molecular weight excluding hydrogens is 270 g/mol. The molecule has 0 radical (unpaired) electrons. The molecule has 0 aliphatic rings. The van der Waals surface area contributed by atoms with Gasteiger partial charge in [-0.25, -0.2) is 13.1 Å². The van der Waals surface area contributed by atoms with Crippen molar-refractivity contribution in [1.29, 1.82) is 0 Å². The zero-order valence-corrected chi connectivity index (χ0v) is 12.0. The number of hydrogen-bond acceptors (Lipinski definition) is 4. The van der Waals surface area contributed by atoms with Crippen LogP contribution in [0.3, 0.4) is 0 Å². The first kappa shape index (κ1) is 15.7. The molecule has 0 saturated heterocycles. The van der Waals surface area contributed by atoms with E-state index in [2.05, 4.69) is 10.0 Å². The van der Waals surface area contributed by atoms with Gasteiger partial charge in [0.2, 0.25) is 10.0 Å². The van der Waals surface area contributed by atoms with Crippen molar-refractivity contribution in [1.82, 2.24) is 14.6 Å². The smallest absolute Gasteiger partial charge is 0.268 e. The second kappa shape index (κ2) is 6.18. The maximum Gasteiger partial charge on any atom is 0.268 e. The molecule has 8 heteroatoms. The highest BCUT2D eigenvalue weighted by Crippen LogP contribution is 2.13. The molecule has 1 aromatic rings. The number of aliphatic hydroxyl groups is 1. The lowest BCUT2D eigenvalue weighted by Gasteiger charge is -2.12. The molecule has 0 saturated carbocycles. The quantitative estimate of drug-likeness (QED) is 0.653. The first-order valence-electron chi connectivity index (χ1n) is 5.83. The molecule has 19 heavy (non-hydrogen) atoms. The number of aryl methyl sites for hydroxylation is 1. The van der Waals surface area contributed by atoms with E-state index in [4.69, 9.17) is 5.11 Å². The number of aliphatic hydroxyl groups excluding tert-OH is 1. The van der Waals surface area contributed by atoms with Crippen LogP contribution in [-0.2, 0) is 17.1 Å². The largest absolute Gasteiger partial charge is 0.396 e. The maximum absolute atomic E-state index is 12.0. The van der Waals surface area contributed by atoms with E-state index < -0.39 is 10.0 Å². The molecule has 7 nitrogen and oxygen atoms in total. The Bertz CT molecular complexity index is 550. The van der Waals surface area contributed by atoms with Crippen molar-refractivity contribution in [2.24, 2.45) is 7.05 Å². The lowest BCUT2D eigenvalue weighted by atomic mass is 10.2. The van der Waals surface area contributed by atoms with Gasteiger partial charge in [-0.15, -0.1) is 0 Å². The molecule has 108 valence electrons. The third-order valence-electron chi connectivity index (χ3n) is 2.73. The Labute approximate surface area is 112 Å². The summed E-state index contributed by atoms with van der Waals surface area (Å²) in [6, 6.07) is 1.13. The third-order valence-corrected chi connectivity index (χ3v) is 4.11. The van der Waals surface area contributed by atoms with E-state index in [0.717, 1.165) is 0 Å². The number of carbonyl (C=O) groups is 1. The molecule has 1 rings (SSSR count). The second-order valence-corrected chi connectivity index (χ2v) is 6.15. The third kappa shape index (κ3) is 3.79. The van der Waals surface area contributed by atoms with E-state index in [9.17, 15) is 13.2 Å². The summed E-state index contributed by atoms with van der Waals surface area (Å²) >= 11 is 0. The van der Waals surface area contributed by atoms with E-state index in [0.29, 0.717) is 6.42 Å². The predicted octanol–water partition coefficient (Wildman–Crippen LogP) is -0.566. The summed E-state index contributed by atoms with van der Waals surface area (Å²) in [6.45, 7) is 1.75. The van der Waals surface area contributed by atoms with Crippen LogP contribution in [0, 0.1) is 0 Å². The molecular formula is C11H19N3O4S. The van der Waals surface area contributed by atoms with E-state index in [1.54, 1.807) is 14.0 Å². The predicted molar refractivity (Wildman–Crippen MR) is 70.3 cm³/mol. The minimum absolute atomic E-state index is 0.0199. The molecule has 1 atom stereocenters. The van der Waals surface area contributed by atoms with Gasteiger partial charge in [-0.1, -0.05) is 0 Å². The summed E-state index contributed by atoms with van der Waals surface area (Å²) in [5.41, 5.74) is 0.249. The number of carbonyl (C=O) groups excluding carboxylic acids is 1. The lowest BCUT2D eigenvalue weighted by Crippen LogP contribution is -2.34. The average Bonchev–Trinajstić information content (AvgIpc) is 2.72. The standard InChI is InChI=1S/C11H19N3O4S/c1-8(4-5-15)13-11(16)10-6-9(7-14(10)3)19(17,18)12-2/h6-8,12,15H,4-5H2,1-3H3,(H,13,16). The number of sulfonamides is 1. The first-order chi connectivity index (χ1) is 8.81. The summed E-state index contributed by atoms with van der Waals surface area (Å²) in [7, 11) is -0.654. The Morgan fingerprint density at radius 1 is 1.53 bits per heavy atom. The maximum atomic E-state index is 12.0. The summed E-state index contributed by atoms with van der Waals surface area (Å²) in [6.07, 6.45) is 1.81. The highest BCUT2D eigenvalue weighted by Gasteiger charge is 2.19. The van der Waals surface area contributed by atoms with Crippen molar-refractivity contribution in [3.05, 3.63) is 18.0 Å². The Morgan fingerprint density at radius 3 is 2.68 bits per heavy atom. The average molecular weight is 289 g/mol. The number of nitrogens with one attached hydrogen (secondary N) is 2. The van der Waals surface area contributed by atoms with Gasteiger partial charge in [-0.2, -0.15) is 0 Å². The van der Waals surface area contributed by atoms with Crippen molar-refractivity contribution < 1.29 is 18.3 Å². The van der Waals surface area contributed by atoms with Gasteiger partial charge >= 0.3 is 0 Å². The molecule has 1 heterocycles. The van der Waals surface area contributed by atoms with Gasteiger partial charge in [0.15, 0.2) is 0 Å². The van der Waals surface area contributed by atoms with Crippen LogP contribution in [0.4, 0.5) is 0 Å². The van der Waals surface area contributed by atoms with Crippen molar-refractivity contribution in [2.45, 2.75) is 24.3 Å². The molecule has 3 N–H and O–H groups in total. The van der Waals surface area contributed by atoms with Crippen LogP contribution in [0.1, 0.15) is 23.8 Å². The summed E-state index contributed by atoms with van der Waals surface area (Å²) in [5.74, 6) is -0.374. The second-order valence-electron chi connectivity index (χ2n) is 4.27. The van der Waals surface area contributed by atoms with Gasteiger partial charge < -0.3 is 15.0 Å². The lowest BCUT2D eigenvalue weighted by molar-refractivity contribution is 0.0926. The molecule has 0 aliphatic carbocycles.